The summed E-state index contributed by atoms with van der Waals surface area (Å²) in [4.78, 5) is 13.7. The smallest absolute Gasteiger partial charge is 0.230 e. The Morgan fingerprint density at radius 2 is 2.04 bits per heavy atom. The van der Waals surface area contributed by atoms with Crippen LogP contribution in [0.4, 0.5) is 0 Å². The molecule has 0 saturated heterocycles. The highest BCUT2D eigenvalue weighted by molar-refractivity contribution is 7.99. The van der Waals surface area contributed by atoms with E-state index in [0.717, 1.165) is 48.8 Å². The second kappa shape index (κ2) is 10.3. The van der Waals surface area contributed by atoms with Gasteiger partial charge in [-0.3, -0.25) is 4.79 Å². The van der Waals surface area contributed by atoms with Gasteiger partial charge in [-0.1, -0.05) is 50.8 Å². The Morgan fingerprint density at radius 1 is 1.26 bits per heavy atom. The fraction of sp³-hybridized carbons (Fsp3) is 0.650. The van der Waals surface area contributed by atoms with Crippen molar-refractivity contribution in [1.82, 2.24) is 20.1 Å². The Labute approximate surface area is 170 Å². The molecule has 0 spiro atoms. The van der Waals surface area contributed by atoms with E-state index in [1.165, 1.54) is 42.3 Å². The minimum Gasteiger partial charge on any atom is -0.353 e. The number of aryl methyl sites for hydroxylation is 1. The Hall–Kier alpha value is -1.34. The predicted octanol–water partition coefficient (Wildman–Crippen LogP) is 4.91. The van der Waals surface area contributed by atoms with Gasteiger partial charge in [0.05, 0.1) is 5.75 Å². The zero-order valence-corrected chi connectivity index (χ0v) is 18.0. The van der Waals surface area contributed by atoms with Crippen LogP contribution < -0.4 is 5.32 Å². The fourth-order valence-electron chi connectivity index (χ4n) is 3.59. The molecular formula is C20H30N4OS2. The minimum atomic E-state index is 0.111. The molecule has 148 valence electrons. The number of carbonyl (C=O) groups excluding carboxylic acids is 1. The summed E-state index contributed by atoms with van der Waals surface area (Å²) in [6, 6.07) is 2.57. The molecule has 0 bridgehead atoms. The predicted molar refractivity (Wildman–Crippen MR) is 113 cm³/mol. The molecule has 27 heavy (non-hydrogen) atoms. The Morgan fingerprint density at radius 3 is 2.74 bits per heavy atom. The van der Waals surface area contributed by atoms with Crippen LogP contribution in [0.2, 0.25) is 0 Å². The maximum atomic E-state index is 12.4. The summed E-state index contributed by atoms with van der Waals surface area (Å²) in [7, 11) is 0. The molecule has 1 amide bonds. The maximum absolute atomic E-state index is 12.4. The van der Waals surface area contributed by atoms with Crippen LogP contribution in [-0.2, 0) is 17.8 Å². The number of thioether (sulfide) groups is 1. The first-order valence-electron chi connectivity index (χ1n) is 10.1. The molecule has 0 aromatic carbocycles. The van der Waals surface area contributed by atoms with E-state index >= 15 is 0 Å². The third kappa shape index (κ3) is 5.57. The molecule has 1 aliphatic rings. The first kappa shape index (κ1) is 20.4. The topological polar surface area (TPSA) is 59.8 Å². The first-order valence-corrected chi connectivity index (χ1v) is 12.0. The van der Waals surface area contributed by atoms with Crippen molar-refractivity contribution in [1.29, 1.82) is 0 Å². The number of rotatable bonds is 8. The van der Waals surface area contributed by atoms with Gasteiger partial charge in [0.25, 0.3) is 0 Å². The van der Waals surface area contributed by atoms with Gasteiger partial charge in [-0.05, 0) is 32.3 Å². The lowest BCUT2D eigenvalue weighted by molar-refractivity contribution is -0.119. The van der Waals surface area contributed by atoms with Crippen LogP contribution in [0.15, 0.2) is 16.6 Å². The number of hydrogen-bond acceptors (Lipinski definition) is 5. The summed E-state index contributed by atoms with van der Waals surface area (Å²) in [5, 5.41) is 15.0. The highest BCUT2D eigenvalue weighted by Crippen LogP contribution is 2.28. The molecule has 0 unspecified atom stereocenters. The van der Waals surface area contributed by atoms with Gasteiger partial charge in [-0.15, -0.1) is 21.5 Å². The number of nitrogens with one attached hydrogen (secondary N) is 1. The molecular weight excluding hydrogens is 376 g/mol. The third-order valence-corrected chi connectivity index (χ3v) is 6.96. The number of aromatic nitrogens is 3. The van der Waals surface area contributed by atoms with Gasteiger partial charge in [0.2, 0.25) is 5.91 Å². The minimum absolute atomic E-state index is 0.111. The van der Waals surface area contributed by atoms with Gasteiger partial charge in [0.15, 0.2) is 11.0 Å². The maximum Gasteiger partial charge on any atom is 0.230 e. The molecule has 3 rings (SSSR count). The molecule has 1 saturated carbocycles. The van der Waals surface area contributed by atoms with Gasteiger partial charge in [-0.2, -0.15) is 0 Å². The van der Waals surface area contributed by atoms with Gasteiger partial charge in [0, 0.05) is 28.4 Å². The lowest BCUT2D eigenvalue weighted by atomic mass is 10.1. The first-order chi connectivity index (χ1) is 13.2. The molecule has 0 aliphatic heterocycles. The lowest BCUT2D eigenvalue weighted by Crippen LogP contribution is -2.35. The average Bonchev–Trinajstić information content (AvgIpc) is 3.21. The number of hydrogen-bond donors (Lipinski definition) is 1. The summed E-state index contributed by atoms with van der Waals surface area (Å²) < 4.78 is 2.11. The van der Waals surface area contributed by atoms with Crippen molar-refractivity contribution in [3.63, 3.8) is 0 Å². The quantitative estimate of drug-likeness (QED) is 0.500. The Bertz CT molecular complexity index is 732. The second-order valence-corrected chi connectivity index (χ2v) is 9.09. The summed E-state index contributed by atoms with van der Waals surface area (Å²) in [5.41, 5.74) is 1.13. The number of nitrogens with zero attached hydrogens (tertiary/aromatic N) is 3. The monoisotopic (exact) mass is 406 g/mol. The molecule has 2 heterocycles. The zero-order chi connectivity index (χ0) is 19.1. The summed E-state index contributed by atoms with van der Waals surface area (Å²) in [6.45, 7) is 5.10. The second-order valence-electron chi connectivity index (χ2n) is 7.15. The van der Waals surface area contributed by atoms with E-state index < -0.39 is 0 Å². The molecule has 5 nitrogen and oxygen atoms in total. The molecule has 0 atom stereocenters. The van der Waals surface area contributed by atoms with Crippen LogP contribution in [0.1, 0.15) is 63.7 Å². The zero-order valence-electron chi connectivity index (χ0n) is 16.4. The van der Waals surface area contributed by atoms with Crippen molar-refractivity contribution >= 4 is 29.0 Å². The molecule has 1 fully saturated rings. The van der Waals surface area contributed by atoms with Crippen molar-refractivity contribution in [2.45, 2.75) is 83.0 Å². The third-order valence-electron chi connectivity index (χ3n) is 4.99. The standard InChI is InChI=1S/C20H30N4OS2/c1-3-9-17-12-15(13-26-17)19-22-23-20(24(19)4-2)27-14-18(25)21-16-10-7-5-6-8-11-16/h12-13,16H,3-11,14H2,1-2H3,(H,21,25). The van der Waals surface area contributed by atoms with E-state index in [1.807, 2.05) is 0 Å². The molecule has 7 heteroatoms. The van der Waals surface area contributed by atoms with Crippen molar-refractivity contribution in [2.75, 3.05) is 5.75 Å². The van der Waals surface area contributed by atoms with E-state index in [1.54, 1.807) is 11.3 Å². The van der Waals surface area contributed by atoms with Crippen LogP contribution in [0.25, 0.3) is 11.4 Å². The average molecular weight is 407 g/mol. The SMILES string of the molecule is CCCc1cc(-c2nnc(SCC(=O)NC3CCCCCC3)n2CC)cs1. The van der Waals surface area contributed by atoms with Crippen LogP contribution in [-0.4, -0.2) is 32.5 Å². The van der Waals surface area contributed by atoms with Crippen molar-refractivity contribution in [3.8, 4) is 11.4 Å². The highest BCUT2D eigenvalue weighted by Gasteiger charge is 2.18. The van der Waals surface area contributed by atoms with Crippen LogP contribution in [0.3, 0.4) is 0 Å². The molecule has 2 aromatic heterocycles. The Balaban J connectivity index is 1.59. The van der Waals surface area contributed by atoms with E-state index in [9.17, 15) is 4.79 Å². The van der Waals surface area contributed by atoms with Crippen LogP contribution in [0.5, 0.6) is 0 Å². The van der Waals surface area contributed by atoms with Crippen molar-refractivity contribution in [2.24, 2.45) is 0 Å². The van der Waals surface area contributed by atoms with Crippen molar-refractivity contribution in [3.05, 3.63) is 16.3 Å². The van der Waals surface area contributed by atoms with Gasteiger partial charge in [0.1, 0.15) is 0 Å². The number of carbonyl (C=O) groups is 1. The summed E-state index contributed by atoms with van der Waals surface area (Å²) >= 11 is 3.27. The van der Waals surface area contributed by atoms with E-state index in [-0.39, 0.29) is 5.91 Å². The summed E-state index contributed by atoms with van der Waals surface area (Å²) in [5.74, 6) is 1.42. The fourth-order valence-corrected chi connectivity index (χ4v) is 5.37. The van der Waals surface area contributed by atoms with E-state index in [4.69, 9.17) is 0 Å². The van der Waals surface area contributed by atoms with Crippen LogP contribution in [0, 0.1) is 0 Å². The molecule has 1 aliphatic carbocycles. The van der Waals surface area contributed by atoms with E-state index in [2.05, 4.69) is 45.4 Å². The number of thiophene rings is 1. The lowest BCUT2D eigenvalue weighted by Gasteiger charge is -2.15. The molecule has 0 radical (unpaired) electrons. The Kier molecular flexibility index (Phi) is 7.76. The van der Waals surface area contributed by atoms with Gasteiger partial charge in [-0.25, -0.2) is 0 Å². The van der Waals surface area contributed by atoms with E-state index in [0.29, 0.717) is 11.8 Å². The number of amides is 1. The van der Waals surface area contributed by atoms with Crippen molar-refractivity contribution < 1.29 is 4.79 Å². The summed E-state index contributed by atoms with van der Waals surface area (Å²) in [6.07, 6.45) is 9.54. The normalized spacial score (nSPS) is 15.6. The highest BCUT2D eigenvalue weighted by atomic mass is 32.2. The molecule has 1 N–H and O–H groups in total. The van der Waals surface area contributed by atoms with Gasteiger partial charge < -0.3 is 9.88 Å². The largest absolute Gasteiger partial charge is 0.353 e. The van der Waals surface area contributed by atoms with Gasteiger partial charge >= 0.3 is 0 Å². The van der Waals surface area contributed by atoms with Crippen LogP contribution >= 0.6 is 23.1 Å². The molecule has 2 aromatic rings.